The minimum absolute atomic E-state index is 0.0551. The molecule has 21 heavy (non-hydrogen) atoms. The third-order valence-corrected chi connectivity index (χ3v) is 2.70. The molecule has 0 spiro atoms. The summed E-state index contributed by atoms with van der Waals surface area (Å²) in [5.41, 5.74) is 1.74. The Hall–Kier alpha value is -1.27. The van der Waals surface area contributed by atoms with Crippen molar-refractivity contribution in [1.82, 2.24) is 5.32 Å². The van der Waals surface area contributed by atoms with Crippen molar-refractivity contribution in [2.45, 2.75) is 46.1 Å². The quantitative estimate of drug-likeness (QED) is 0.811. The lowest BCUT2D eigenvalue weighted by molar-refractivity contribution is -0.325. The van der Waals surface area contributed by atoms with Crippen molar-refractivity contribution in [3.63, 3.8) is 0 Å². The van der Waals surface area contributed by atoms with Crippen LogP contribution in [-0.4, -0.2) is 25.1 Å². The topological polar surface area (TPSA) is 30.5 Å². The summed E-state index contributed by atoms with van der Waals surface area (Å²) in [6, 6.07) is 5.65. The minimum Gasteiger partial charge on any atom is -0.491 e. The number of benzene rings is 1. The Morgan fingerprint density at radius 1 is 1.10 bits per heavy atom. The SMILES string of the molecule is Cc1cccc(CNC(C)(C)C)c1OCCOC(F)(F)F. The van der Waals surface area contributed by atoms with Gasteiger partial charge in [0.25, 0.3) is 0 Å². The van der Waals surface area contributed by atoms with Crippen LogP contribution in [0, 0.1) is 6.92 Å². The molecule has 1 aromatic carbocycles. The van der Waals surface area contributed by atoms with Crippen molar-refractivity contribution < 1.29 is 22.6 Å². The smallest absolute Gasteiger partial charge is 0.491 e. The van der Waals surface area contributed by atoms with E-state index in [1.54, 1.807) is 0 Å². The molecule has 0 heterocycles. The van der Waals surface area contributed by atoms with E-state index in [1.807, 2.05) is 45.9 Å². The molecule has 0 fully saturated rings. The Balaban J connectivity index is 2.63. The highest BCUT2D eigenvalue weighted by molar-refractivity contribution is 5.40. The predicted molar refractivity (Wildman–Crippen MR) is 75.3 cm³/mol. The molecule has 1 aromatic rings. The van der Waals surface area contributed by atoms with Gasteiger partial charge in [0.1, 0.15) is 12.4 Å². The molecule has 3 nitrogen and oxygen atoms in total. The fourth-order valence-electron chi connectivity index (χ4n) is 1.72. The molecule has 0 amide bonds. The molecular weight excluding hydrogens is 283 g/mol. The minimum atomic E-state index is -4.62. The zero-order chi connectivity index (χ0) is 16.1. The fraction of sp³-hybridized carbons (Fsp3) is 0.600. The third-order valence-electron chi connectivity index (χ3n) is 2.70. The molecule has 0 radical (unpaired) electrons. The summed E-state index contributed by atoms with van der Waals surface area (Å²) >= 11 is 0. The first-order valence-corrected chi connectivity index (χ1v) is 6.75. The van der Waals surface area contributed by atoms with Gasteiger partial charge in [0, 0.05) is 17.6 Å². The lowest BCUT2D eigenvalue weighted by Gasteiger charge is -2.22. The summed E-state index contributed by atoms with van der Waals surface area (Å²) in [5, 5.41) is 3.33. The van der Waals surface area contributed by atoms with Crippen LogP contribution in [0.25, 0.3) is 0 Å². The first-order valence-electron chi connectivity index (χ1n) is 6.75. The van der Waals surface area contributed by atoms with Crippen LogP contribution in [0.3, 0.4) is 0 Å². The lowest BCUT2D eigenvalue weighted by Crippen LogP contribution is -2.35. The van der Waals surface area contributed by atoms with Gasteiger partial charge < -0.3 is 10.1 Å². The second-order valence-electron chi connectivity index (χ2n) is 5.81. The van der Waals surface area contributed by atoms with Gasteiger partial charge in [-0.2, -0.15) is 0 Å². The molecule has 0 aliphatic rings. The van der Waals surface area contributed by atoms with Gasteiger partial charge in [-0.3, -0.25) is 4.74 Å². The van der Waals surface area contributed by atoms with Gasteiger partial charge in [0.15, 0.2) is 0 Å². The lowest BCUT2D eigenvalue weighted by atomic mass is 10.1. The van der Waals surface area contributed by atoms with E-state index in [0.29, 0.717) is 12.3 Å². The van der Waals surface area contributed by atoms with E-state index in [-0.39, 0.29) is 12.1 Å². The van der Waals surface area contributed by atoms with Gasteiger partial charge in [-0.25, -0.2) is 0 Å². The number of rotatable bonds is 6. The van der Waals surface area contributed by atoms with Crippen molar-refractivity contribution in [3.05, 3.63) is 29.3 Å². The summed E-state index contributed by atoms with van der Waals surface area (Å²) in [6.45, 7) is 7.90. The van der Waals surface area contributed by atoms with E-state index in [9.17, 15) is 13.2 Å². The van der Waals surface area contributed by atoms with Gasteiger partial charge in [-0.05, 0) is 33.3 Å². The molecule has 0 saturated heterocycles. The summed E-state index contributed by atoms with van der Waals surface area (Å²) in [4.78, 5) is 0. The molecule has 120 valence electrons. The third kappa shape index (κ3) is 7.34. The predicted octanol–water partition coefficient (Wildman–Crippen LogP) is 3.80. The number of halogens is 3. The molecule has 1 N–H and O–H groups in total. The van der Waals surface area contributed by atoms with Crippen molar-refractivity contribution in [1.29, 1.82) is 0 Å². The van der Waals surface area contributed by atoms with E-state index >= 15 is 0 Å². The van der Waals surface area contributed by atoms with E-state index < -0.39 is 13.0 Å². The van der Waals surface area contributed by atoms with Crippen molar-refractivity contribution >= 4 is 0 Å². The number of hydrogen-bond acceptors (Lipinski definition) is 3. The van der Waals surface area contributed by atoms with Crippen LogP contribution < -0.4 is 10.1 Å². The van der Waals surface area contributed by atoms with Crippen molar-refractivity contribution in [3.8, 4) is 5.75 Å². The van der Waals surface area contributed by atoms with Gasteiger partial charge >= 0.3 is 6.36 Å². The highest BCUT2D eigenvalue weighted by Gasteiger charge is 2.28. The van der Waals surface area contributed by atoms with Gasteiger partial charge in [-0.1, -0.05) is 18.2 Å². The Kier molecular flexibility index (Phi) is 6.04. The first-order chi connectivity index (χ1) is 9.58. The van der Waals surface area contributed by atoms with E-state index in [0.717, 1.165) is 11.1 Å². The highest BCUT2D eigenvalue weighted by atomic mass is 19.4. The molecule has 6 heteroatoms. The Morgan fingerprint density at radius 2 is 1.76 bits per heavy atom. The second-order valence-corrected chi connectivity index (χ2v) is 5.81. The first kappa shape index (κ1) is 17.8. The molecule has 0 atom stereocenters. The summed E-state index contributed by atoms with van der Waals surface area (Å²) in [7, 11) is 0. The van der Waals surface area contributed by atoms with Gasteiger partial charge in [0.05, 0.1) is 6.61 Å². The molecule has 0 bridgehead atoms. The Labute approximate surface area is 123 Å². The zero-order valence-corrected chi connectivity index (χ0v) is 12.8. The largest absolute Gasteiger partial charge is 0.522 e. The van der Waals surface area contributed by atoms with Crippen LogP contribution in [-0.2, 0) is 11.3 Å². The maximum atomic E-state index is 11.9. The van der Waals surface area contributed by atoms with E-state index in [2.05, 4.69) is 10.1 Å². The Bertz CT molecular complexity index is 453. The van der Waals surface area contributed by atoms with E-state index in [1.165, 1.54) is 0 Å². The molecule has 0 aliphatic carbocycles. The summed E-state index contributed by atoms with van der Waals surface area (Å²) < 4.78 is 44.9. The number of ether oxygens (including phenoxy) is 2. The second kappa shape index (κ2) is 7.13. The summed E-state index contributed by atoms with van der Waals surface area (Å²) in [6.07, 6.45) is -4.62. The van der Waals surface area contributed by atoms with Crippen LogP contribution in [0.5, 0.6) is 5.75 Å². The van der Waals surface area contributed by atoms with Crippen LogP contribution in [0.15, 0.2) is 18.2 Å². The molecule has 0 aliphatic heterocycles. The number of alkyl halides is 3. The molecule has 0 aromatic heterocycles. The van der Waals surface area contributed by atoms with Crippen molar-refractivity contribution in [2.75, 3.05) is 13.2 Å². The normalized spacial score (nSPS) is 12.5. The standard InChI is InChI=1S/C15H22F3NO2/c1-11-6-5-7-12(10-19-14(2,3)4)13(11)20-8-9-21-15(16,17)18/h5-7,19H,8-10H2,1-4H3. The summed E-state index contributed by atoms with van der Waals surface area (Å²) in [5.74, 6) is 0.611. The maximum Gasteiger partial charge on any atom is 0.522 e. The van der Waals surface area contributed by atoms with E-state index in [4.69, 9.17) is 4.74 Å². The highest BCUT2D eigenvalue weighted by Crippen LogP contribution is 2.24. The Morgan fingerprint density at radius 3 is 2.33 bits per heavy atom. The maximum absolute atomic E-state index is 11.9. The number of para-hydroxylation sites is 1. The molecule has 1 rings (SSSR count). The number of nitrogens with one attached hydrogen (secondary N) is 1. The van der Waals surface area contributed by atoms with Gasteiger partial charge in [0.2, 0.25) is 0 Å². The van der Waals surface area contributed by atoms with Crippen LogP contribution >= 0.6 is 0 Å². The van der Waals surface area contributed by atoms with Crippen LogP contribution in [0.4, 0.5) is 13.2 Å². The fourth-order valence-corrected chi connectivity index (χ4v) is 1.72. The molecular formula is C15H22F3NO2. The van der Waals surface area contributed by atoms with Gasteiger partial charge in [-0.15, -0.1) is 13.2 Å². The molecule has 0 unspecified atom stereocenters. The van der Waals surface area contributed by atoms with Crippen LogP contribution in [0.2, 0.25) is 0 Å². The number of aryl methyl sites for hydroxylation is 1. The molecule has 0 saturated carbocycles. The monoisotopic (exact) mass is 305 g/mol. The average molecular weight is 305 g/mol. The van der Waals surface area contributed by atoms with Crippen LogP contribution in [0.1, 0.15) is 31.9 Å². The number of hydrogen-bond donors (Lipinski definition) is 1. The zero-order valence-electron chi connectivity index (χ0n) is 12.8. The van der Waals surface area contributed by atoms with Crippen molar-refractivity contribution in [2.24, 2.45) is 0 Å². The average Bonchev–Trinajstić information content (AvgIpc) is 2.31.